The minimum absolute atomic E-state index is 0.0732. The van der Waals surface area contributed by atoms with Crippen LogP contribution in [0, 0.1) is 12.3 Å². The van der Waals surface area contributed by atoms with Gasteiger partial charge < -0.3 is 5.32 Å². The van der Waals surface area contributed by atoms with Gasteiger partial charge in [0.25, 0.3) is 0 Å². The Hall–Kier alpha value is -0.970. The number of unbranched alkanes of at least 4 members (excludes halogenated alkanes) is 3. The molecule has 0 aliphatic carbocycles. The van der Waals surface area contributed by atoms with Gasteiger partial charge in [0, 0.05) is 6.42 Å². The van der Waals surface area contributed by atoms with Crippen molar-refractivity contribution < 1.29 is 4.79 Å². The van der Waals surface area contributed by atoms with Crippen LogP contribution >= 0.6 is 0 Å². The van der Waals surface area contributed by atoms with Crippen LogP contribution in [0.15, 0.2) is 0 Å². The lowest BCUT2D eigenvalue weighted by Gasteiger charge is -2.00. The van der Waals surface area contributed by atoms with E-state index in [0.717, 1.165) is 12.8 Å². The second-order valence-corrected chi connectivity index (χ2v) is 2.79. The Bertz CT molecular complexity index is 158. The molecule has 0 bridgehead atoms. The van der Waals surface area contributed by atoms with Crippen molar-refractivity contribution in [1.29, 1.82) is 0 Å². The molecule has 0 aromatic heterocycles. The summed E-state index contributed by atoms with van der Waals surface area (Å²) in [6, 6.07) is 0. The van der Waals surface area contributed by atoms with Gasteiger partial charge in [0.05, 0.1) is 6.54 Å². The van der Waals surface area contributed by atoms with Crippen LogP contribution in [0.4, 0.5) is 0 Å². The van der Waals surface area contributed by atoms with Crippen molar-refractivity contribution in [2.75, 3.05) is 6.54 Å². The van der Waals surface area contributed by atoms with Gasteiger partial charge in [-0.1, -0.05) is 32.1 Å². The Kier molecular flexibility index (Phi) is 7.47. The first-order valence-electron chi connectivity index (χ1n) is 4.51. The quantitative estimate of drug-likeness (QED) is 0.473. The molecule has 0 aromatic carbocycles. The molecule has 0 unspecified atom stereocenters. The molecule has 1 amide bonds. The zero-order valence-electron chi connectivity index (χ0n) is 7.73. The van der Waals surface area contributed by atoms with Crippen LogP contribution in [-0.2, 0) is 4.79 Å². The molecule has 0 saturated carbocycles. The van der Waals surface area contributed by atoms with E-state index in [-0.39, 0.29) is 5.91 Å². The molecule has 12 heavy (non-hydrogen) atoms. The summed E-state index contributed by atoms with van der Waals surface area (Å²) in [5.41, 5.74) is 0. The average molecular weight is 167 g/mol. The van der Waals surface area contributed by atoms with Crippen molar-refractivity contribution in [2.24, 2.45) is 0 Å². The second-order valence-electron chi connectivity index (χ2n) is 2.79. The number of terminal acetylenes is 1. The van der Waals surface area contributed by atoms with Crippen LogP contribution in [0.1, 0.15) is 39.0 Å². The van der Waals surface area contributed by atoms with Crippen LogP contribution in [0.5, 0.6) is 0 Å². The molecular weight excluding hydrogens is 150 g/mol. The summed E-state index contributed by atoms with van der Waals surface area (Å²) < 4.78 is 0. The number of nitrogens with one attached hydrogen (secondary N) is 1. The van der Waals surface area contributed by atoms with E-state index in [1.54, 1.807) is 0 Å². The number of hydrogen-bond donors (Lipinski definition) is 1. The van der Waals surface area contributed by atoms with E-state index in [0.29, 0.717) is 13.0 Å². The van der Waals surface area contributed by atoms with Gasteiger partial charge >= 0.3 is 0 Å². The first-order chi connectivity index (χ1) is 5.81. The van der Waals surface area contributed by atoms with Gasteiger partial charge in [-0.05, 0) is 6.42 Å². The van der Waals surface area contributed by atoms with Crippen molar-refractivity contribution in [2.45, 2.75) is 39.0 Å². The van der Waals surface area contributed by atoms with E-state index in [4.69, 9.17) is 6.42 Å². The molecule has 0 atom stereocenters. The Labute approximate surface area is 74.7 Å². The van der Waals surface area contributed by atoms with E-state index < -0.39 is 0 Å². The largest absolute Gasteiger partial charge is 0.345 e. The maximum absolute atomic E-state index is 11.0. The molecule has 0 aromatic rings. The Morgan fingerprint density at radius 3 is 2.75 bits per heavy atom. The highest BCUT2D eigenvalue weighted by atomic mass is 16.1. The maximum atomic E-state index is 11.0. The summed E-state index contributed by atoms with van der Waals surface area (Å²) in [6.07, 6.45) is 10.1. The molecule has 1 N–H and O–H groups in total. The molecule has 0 heterocycles. The zero-order valence-corrected chi connectivity index (χ0v) is 7.73. The van der Waals surface area contributed by atoms with Crippen molar-refractivity contribution >= 4 is 5.91 Å². The van der Waals surface area contributed by atoms with Crippen LogP contribution < -0.4 is 5.32 Å². The van der Waals surface area contributed by atoms with E-state index >= 15 is 0 Å². The molecule has 2 heteroatoms. The molecule has 68 valence electrons. The summed E-state index contributed by atoms with van der Waals surface area (Å²) >= 11 is 0. The van der Waals surface area contributed by atoms with Gasteiger partial charge in [-0.25, -0.2) is 0 Å². The molecule has 0 aliphatic rings. The van der Waals surface area contributed by atoms with Gasteiger partial charge in [-0.2, -0.15) is 0 Å². The fraction of sp³-hybridized carbons (Fsp3) is 0.700. The number of carbonyl (C=O) groups is 1. The summed E-state index contributed by atoms with van der Waals surface area (Å²) in [4.78, 5) is 11.0. The molecule has 0 aliphatic heterocycles. The molecular formula is C10H17NO. The number of amides is 1. The minimum atomic E-state index is 0.0732. The van der Waals surface area contributed by atoms with Gasteiger partial charge in [-0.15, -0.1) is 6.42 Å². The third-order valence-corrected chi connectivity index (χ3v) is 1.65. The fourth-order valence-electron chi connectivity index (χ4n) is 0.950. The molecule has 0 spiro atoms. The Morgan fingerprint density at radius 2 is 2.17 bits per heavy atom. The summed E-state index contributed by atoms with van der Waals surface area (Å²) in [7, 11) is 0. The lowest BCUT2D eigenvalue weighted by atomic mass is 10.1. The smallest absolute Gasteiger partial charge is 0.220 e. The molecule has 0 rings (SSSR count). The van der Waals surface area contributed by atoms with Gasteiger partial charge in [0.15, 0.2) is 0 Å². The first kappa shape index (κ1) is 11.0. The van der Waals surface area contributed by atoms with E-state index in [9.17, 15) is 4.79 Å². The SMILES string of the molecule is C#CCNC(=O)CCCCCC. The lowest BCUT2D eigenvalue weighted by molar-refractivity contribution is -0.120. The van der Waals surface area contributed by atoms with E-state index in [2.05, 4.69) is 18.2 Å². The molecule has 0 fully saturated rings. The topological polar surface area (TPSA) is 29.1 Å². The number of hydrogen-bond acceptors (Lipinski definition) is 1. The summed E-state index contributed by atoms with van der Waals surface area (Å²) in [5, 5.41) is 2.63. The monoisotopic (exact) mass is 167 g/mol. The predicted octanol–water partition coefficient (Wildman–Crippen LogP) is 1.71. The van der Waals surface area contributed by atoms with Crippen LogP contribution in [0.25, 0.3) is 0 Å². The Morgan fingerprint density at radius 1 is 1.42 bits per heavy atom. The van der Waals surface area contributed by atoms with Crippen molar-refractivity contribution in [3.05, 3.63) is 0 Å². The number of carbonyl (C=O) groups excluding carboxylic acids is 1. The van der Waals surface area contributed by atoms with Crippen LogP contribution in [0.2, 0.25) is 0 Å². The molecule has 0 radical (unpaired) electrons. The maximum Gasteiger partial charge on any atom is 0.220 e. The number of rotatable bonds is 6. The fourth-order valence-corrected chi connectivity index (χ4v) is 0.950. The normalized spacial score (nSPS) is 9.00. The van der Waals surface area contributed by atoms with Gasteiger partial charge in [0.1, 0.15) is 0 Å². The summed E-state index contributed by atoms with van der Waals surface area (Å²) in [5.74, 6) is 2.44. The third kappa shape index (κ3) is 7.14. The molecule has 0 saturated heterocycles. The van der Waals surface area contributed by atoms with E-state index in [1.165, 1.54) is 12.8 Å². The lowest BCUT2D eigenvalue weighted by Crippen LogP contribution is -2.22. The first-order valence-corrected chi connectivity index (χ1v) is 4.51. The van der Waals surface area contributed by atoms with Crippen LogP contribution in [-0.4, -0.2) is 12.5 Å². The van der Waals surface area contributed by atoms with Crippen molar-refractivity contribution in [1.82, 2.24) is 5.32 Å². The zero-order chi connectivity index (χ0) is 9.23. The highest BCUT2D eigenvalue weighted by Gasteiger charge is 1.97. The minimum Gasteiger partial charge on any atom is -0.345 e. The summed E-state index contributed by atoms with van der Waals surface area (Å²) in [6.45, 7) is 2.50. The predicted molar refractivity (Wildman–Crippen MR) is 50.6 cm³/mol. The second kappa shape index (κ2) is 8.13. The molecule has 2 nitrogen and oxygen atoms in total. The average Bonchev–Trinajstić information content (AvgIpc) is 2.09. The van der Waals surface area contributed by atoms with Gasteiger partial charge in [-0.3, -0.25) is 4.79 Å². The highest BCUT2D eigenvalue weighted by Crippen LogP contribution is 2.01. The third-order valence-electron chi connectivity index (χ3n) is 1.65. The van der Waals surface area contributed by atoms with E-state index in [1.807, 2.05) is 0 Å². The Balaban J connectivity index is 3.15. The van der Waals surface area contributed by atoms with Crippen molar-refractivity contribution in [3.63, 3.8) is 0 Å². The van der Waals surface area contributed by atoms with Crippen LogP contribution in [0.3, 0.4) is 0 Å². The standard InChI is InChI=1S/C10H17NO/c1-3-5-6-7-8-10(12)11-9-4-2/h2H,3,5-9H2,1H3,(H,11,12). The highest BCUT2D eigenvalue weighted by molar-refractivity contribution is 5.76. The van der Waals surface area contributed by atoms with Crippen molar-refractivity contribution in [3.8, 4) is 12.3 Å². The van der Waals surface area contributed by atoms with Gasteiger partial charge in [0.2, 0.25) is 5.91 Å².